The topological polar surface area (TPSA) is 55.1 Å². The van der Waals surface area contributed by atoms with E-state index < -0.39 is 0 Å². The Balaban J connectivity index is 0.00000441. The quantitative estimate of drug-likeness (QED) is 0.747. The van der Waals surface area contributed by atoms with Crippen LogP contribution in [0.2, 0.25) is 0 Å². The number of aryl methyl sites for hydroxylation is 3. The van der Waals surface area contributed by atoms with E-state index in [-0.39, 0.29) is 23.9 Å². The highest BCUT2D eigenvalue weighted by atomic mass is 35.5. The first-order valence-electron chi connectivity index (χ1n) is 7.83. The van der Waals surface area contributed by atoms with E-state index in [4.69, 9.17) is 5.73 Å². The third-order valence-electron chi connectivity index (χ3n) is 3.74. The first-order valence-corrected chi connectivity index (χ1v) is 8.64. The van der Waals surface area contributed by atoms with Crippen molar-refractivity contribution >= 4 is 29.7 Å². The molecule has 1 aromatic rings. The van der Waals surface area contributed by atoms with Gasteiger partial charge in [0.05, 0.1) is 0 Å². The molecule has 3 N–H and O–H groups in total. The van der Waals surface area contributed by atoms with Gasteiger partial charge in [0, 0.05) is 28.3 Å². The minimum Gasteiger partial charge on any atom is -0.350 e. The summed E-state index contributed by atoms with van der Waals surface area (Å²) in [5, 5.41) is 3.12. The van der Waals surface area contributed by atoms with Crippen molar-refractivity contribution in [3.05, 3.63) is 21.4 Å². The third kappa shape index (κ3) is 7.12. The smallest absolute Gasteiger partial charge is 0.220 e. The van der Waals surface area contributed by atoms with Gasteiger partial charge in [-0.1, -0.05) is 13.8 Å². The molecule has 0 fully saturated rings. The predicted octanol–water partition coefficient (Wildman–Crippen LogP) is 3.99. The summed E-state index contributed by atoms with van der Waals surface area (Å²) < 4.78 is 0. The number of nitrogens with one attached hydrogen (secondary N) is 1. The molecule has 1 rings (SSSR count). The molecular weight excluding hydrogens is 316 g/mol. The van der Waals surface area contributed by atoms with Crippen molar-refractivity contribution in [2.24, 2.45) is 11.7 Å². The van der Waals surface area contributed by atoms with Gasteiger partial charge in [-0.05, 0) is 57.6 Å². The minimum atomic E-state index is -0.278. The van der Waals surface area contributed by atoms with Gasteiger partial charge in [0.1, 0.15) is 0 Å². The Kier molecular flexibility index (Phi) is 9.28. The second-order valence-corrected chi connectivity index (χ2v) is 8.16. The van der Waals surface area contributed by atoms with Crippen LogP contribution >= 0.6 is 23.7 Å². The number of rotatable bonds is 8. The first kappa shape index (κ1) is 21.4. The molecular formula is C17H31ClN2OS. The monoisotopic (exact) mass is 346 g/mol. The van der Waals surface area contributed by atoms with Crippen molar-refractivity contribution in [2.75, 3.05) is 6.54 Å². The Bertz CT molecular complexity index is 473. The number of amides is 1. The predicted molar refractivity (Wildman–Crippen MR) is 99.0 cm³/mol. The molecule has 1 amide bonds. The van der Waals surface area contributed by atoms with Crippen LogP contribution in [0.25, 0.3) is 0 Å². The van der Waals surface area contributed by atoms with Crippen molar-refractivity contribution < 1.29 is 4.79 Å². The van der Waals surface area contributed by atoms with E-state index >= 15 is 0 Å². The lowest BCUT2D eigenvalue weighted by atomic mass is 9.90. The van der Waals surface area contributed by atoms with Gasteiger partial charge < -0.3 is 11.1 Å². The van der Waals surface area contributed by atoms with Gasteiger partial charge in [-0.3, -0.25) is 4.79 Å². The van der Waals surface area contributed by atoms with Gasteiger partial charge in [-0.2, -0.15) is 0 Å². The fourth-order valence-corrected chi connectivity index (χ4v) is 3.83. The summed E-state index contributed by atoms with van der Waals surface area (Å²) in [6.07, 6.45) is 3.36. The van der Waals surface area contributed by atoms with Gasteiger partial charge in [-0.25, -0.2) is 0 Å². The summed E-state index contributed by atoms with van der Waals surface area (Å²) in [4.78, 5) is 14.8. The molecule has 5 heteroatoms. The molecule has 1 aromatic heterocycles. The highest BCUT2D eigenvalue weighted by Crippen LogP contribution is 2.22. The van der Waals surface area contributed by atoms with Crippen LogP contribution in [-0.4, -0.2) is 18.0 Å². The Morgan fingerprint density at radius 1 is 1.41 bits per heavy atom. The van der Waals surface area contributed by atoms with Crippen LogP contribution < -0.4 is 11.1 Å². The van der Waals surface area contributed by atoms with E-state index in [1.54, 1.807) is 0 Å². The van der Waals surface area contributed by atoms with E-state index in [0.717, 1.165) is 19.3 Å². The van der Waals surface area contributed by atoms with Crippen molar-refractivity contribution in [1.29, 1.82) is 0 Å². The van der Waals surface area contributed by atoms with Gasteiger partial charge in [0.25, 0.3) is 0 Å². The average Bonchev–Trinajstić information content (AvgIpc) is 2.66. The van der Waals surface area contributed by atoms with E-state index in [9.17, 15) is 4.79 Å². The fraction of sp³-hybridized carbons (Fsp3) is 0.706. The van der Waals surface area contributed by atoms with Gasteiger partial charge >= 0.3 is 0 Å². The lowest BCUT2D eigenvalue weighted by Gasteiger charge is -2.31. The molecule has 0 aliphatic carbocycles. The van der Waals surface area contributed by atoms with E-state index in [1.165, 1.54) is 15.3 Å². The van der Waals surface area contributed by atoms with E-state index in [0.29, 0.717) is 18.9 Å². The number of carbonyl (C=O) groups excluding carboxylic acids is 1. The summed E-state index contributed by atoms with van der Waals surface area (Å²) in [7, 11) is 0. The maximum atomic E-state index is 12.1. The average molecular weight is 347 g/mol. The Labute approximate surface area is 145 Å². The zero-order valence-electron chi connectivity index (χ0n) is 14.5. The highest BCUT2D eigenvalue weighted by molar-refractivity contribution is 7.12. The molecule has 0 spiro atoms. The standard InChI is InChI=1S/C17H30N2OS.ClH/c1-12(2)10-17(5,11-18)19-16(20)8-6-7-15-9-13(3)21-14(15)4;/h9,12H,6-8,10-11,18H2,1-5H3,(H,19,20);1H. The summed E-state index contributed by atoms with van der Waals surface area (Å²) in [5.74, 6) is 0.642. The molecule has 0 bridgehead atoms. The minimum absolute atomic E-state index is 0. The van der Waals surface area contributed by atoms with Gasteiger partial charge in [0.2, 0.25) is 5.91 Å². The van der Waals surface area contributed by atoms with E-state index in [2.05, 4.69) is 39.1 Å². The largest absolute Gasteiger partial charge is 0.350 e. The molecule has 1 heterocycles. The molecule has 1 unspecified atom stereocenters. The summed E-state index contributed by atoms with van der Waals surface area (Å²) >= 11 is 1.83. The van der Waals surface area contributed by atoms with Crippen LogP contribution in [0.5, 0.6) is 0 Å². The molecule has 0 radical (unpaired) electrons. The molecule has 0 aliphatic heterocycles. The van der Waals surface area contributed by atoms with Crippen LogP contribution in [0.3, 0.4) is 0 Å². The number of hydrogen-bond donors (Lipinski definition) is 2. The van der Waals surface area contributed by atoms with Crippen LogP contribution in [0.4, 0.5) is 0 Å². The number of thiophene rings is 1. The van der Waals surface area contributed by atoms with Crippen molar-refractivity contribution in [3.63, 3.8) is 0 Å². The fourth-order valence-electron chi connectivity index (χ4n) is 2.86. The zero-order valence-corrected chi connectivity index (χ0v) is 16.1. The van der Waals surface area contributed by atoms with Crippen LogP contribution in [0, 0.1) is 19.8 Å². The molecule has 3 nitrogen and oxygen atoms in total. The van der Waals surface area contributed by atoms with Gasteiger partial charge in [-0.15, -0.1) is 23.7 Å². The van der Waals surface area contributed by atoms with E-state index in [1.807, 2.05) is 18.3 Å². The second-order valence-electron chi connectivity index (χ2n) is 6.70. The number of nitrogens with two attached hydrogens (primary N) is 1. The van der Waals surface area contributed by atoms with Gasteiger partial charge in [0.15, 0.2) is 0 Å². The highest BCUT2D eigenvalue weighted by Gasteiger charge is 2.25. The summed E-state index contributed by atoms with van der Waals surface area (Å²) in [5.41, 5.74) is 6.94. The molecule has 128 valence electrons. The lowest BCUT2D eigenvalue weighted by Crippen LogP contribution is -2.52. The Morgan fingerprint density at radius 2 is 2.05 bits per heavy atom. The zero-order chi connectivity index (χ0) is 16.0. The Morgan fingerprint density at radius 3 is 2.50 bits per heavy atom. The molecule has 0 saturated heterocycles. The van der Waals surface area contributed by atoms with Crippen molar-refractivity contribution in [1.82, 2.24) is 5.32 Å². The molecule has 0 saturated carbocycles. The SMILES string of the molecule is Cc1cc(CCCC(=O)NC(C)(CN)CC(C)C)c(C)s1.Cl. The van der Waals surface area contributed by atoms with Crippen molar-refractivity contribution in [2.45, 2.75) is 65.8 Å². The molecule has 22 heavy (non-hydrogen) atoms. The van der Waals surface area contributed by atoms with Crippen LogP contribution in [0.1, 0.15) is 55.4 Å². The first-order chi connectivity index (χ1) is 9.75. The third-order valence-corrected chi connectivity index (χ3v) is 4.75. The Hall–Kier alpha value is -0.580. The number of carbonyl (C=O) groups is 1. The number of halogens is 1. The maximum Gasteiger partial charge on any atom is 0.220 e. The van der Waals surface area contributed by atoms with Crippen LogP contribution in [0.15, 0.2) is 6.07 Å². The van der Waals surface area contributed by atoms with Crippen molar-refractivity contribution in [3.8, 4) is 0 Å². The lowest BCUT2D eigenvalue weighted by molar-refractivity contribution is -0.123. The van der Waals surface area contributed by atoms with Crippen LogP contribution in [-0.2, 0) is 11.2 Å². The summed E-state index contributed by atoms with van der Waals surface area (Å²) in [6, 6.07) is 2.24. The molecule has 1 atom stereocenters. The second kappa shape index (κ2) is 9.53. The molecule has 0 aromatic carbocycles. The number of hydrogen-bond acceptors (Lipinski definition) is 3. The maximum absolute atomic E-state index is 12.1. The normalized spacial score (nSPS) is 13.6. The molecule has 0 aliphatic rings. The summed E-state index contributed by atoms with van der Waals surface area (Å²) in [6.45, 7) is 11.1.